The molecule has 2 unspecified atom stereocenters. The van der Waals surface area contributed by atoms with E-state index >= 15 is 0 Å². The number of aliphatic hydroxyl groups is 1. The van der Waals surface area contributed by atoms with E-state index in [4.69, 9.17) is 4.74 Å². The van der Waals surface area contributed by atoms with Gasteiger partial charge in [-0.3, -0.25) is 0 Å². The minimum Gasteiger partial charge on any atom is -0.393 e. The molecular formula is C19H20O2. The Labute approximate surface area is 125 Å². The van der Waals surface area contributed by atoms with Crippen LogP contribution in [0.2, 0.25) is 0 Å². The van der Waals surface area contributed by atoms with E-state index in [1.807, 2.05) is 0 Å². The van der Waals surface area contributed by atoms with Crippen molar-refractivity contribution in [2.24, 2.45) is 0 Å². The fourth-order valence-electron chi connectivity index (χ4n) is 3.71. The summed E-state index contributed by atoms with van der Waals surface area (Å²) in [7, 11) is 0. The molecule has 0 aromatic heterocycles. The van der Waals surface area contributed by atoms with Crippen molar-refractivity contribution in [1.82, 2.24) is 0 Å². The van der Waals surface area contributed by atoms with Gasteiger partial charge < -0.3 is 9.84 Å². The van der Waals surface area contributed by atoms with E-state index in [2.05, 4.69) is 49.4 Å². The number of aliphatic hydroxyl groups excluding tert-OH is 1. The topological polar surface area (TPSA) is 29.5 Å². The standard InChI is InChI=1S/C19H20O2/c1-19(12-16(20)8-9-21-19)15-6-7-18-14(11-15)10-13-4-2-3-5-17(13)18/h2-7,11,16,20H,8-10,12H2,1H3. The van der Waals surface area contributed by atoms with Crippen LogP contribution in [0, 0.1) is 0 Å². The van der Waals surface area contributed by atoms with Crippen LogP contribution in [0.3, 0.4) is 0 Å². The van der Waals surface area contributed by atoms with E-state index in [0.29, 0.717) is 13.0 Å². The summed E-state index contributed by atoms with van der Waals surface area (Å²) in [6.07, 6.45) is 2.16. The molecule has 2 heteroatoms. The lowest BCUT2D eigenvalue weighted by Gasteiger charge is -2.37. The highest BCUT2D eigenvalue weighted by Gasteiger charge is 2.35. The highest BCUT2D eigenvalue weighted by atomic mass is 16.5. The molecule has 1 N–H and O–H groups in total. The third kappa shape index (κ3) is 2.10. The fraction of sp³-hybridized carbons (Fsp3) is 0.368. The summed E-state index contributed by atoms with van der Waals surface area (Å²) < 4.78 is 6.00. The van der Waals surface area contributed by atoms with Crippen LogP contribution in [-0.4, -0.2) is 17.8 Å². The smallest absolute Gasteiger partial charge is 0.0928 e. The molecule has 4 rings (SSSR count). The van der Waals surface area contributed by atoms with Crippen LogP contribution >= 0.6 is 0 Å². The Morgan fingerprint density at radius 3 is 2.76 bits per heavy atom. The normalized spacial score (nSPS) is 27.2. The molecule has 0 saturated carbocycles. The van der Waals surface area contributed by atoms with Crippen LogP contribution in [0.25, 0.3) is 11.1 Å². The molecule has 0 amide bonds. The molecule has 1 heterocycles. The van der Waals surface area contributed by atoms with Gasteiger partial charge in [0.1, 0.15) is 0 Å². The zero-order valence-corrected chi connectivity index (χ0v) is 12.3. The first-order valence-corrected chi connectivity index (χ1v) is 7.69. The maximum absolute atomic E-state index is 9.96. The van der Waals surface area contributed by atoms with Gasteiger partial charge in [0.25, 0.3) is 0 Å². The Morgan fingerprint density at radius 1 is 1.10 bits per heavy atom. The van der Waals surface area contributed by atoms with Gasteiger partial charge in [-0.15, -0.1) is 0 Å². The first-order valence-electron chi connectivity index (χ1n) is 7.69. The van der Waals surface area contributed by atoms with Crippen molar-refractivity contribution in [2.45, 2.75) is 37.9 Å². The molecule has 2 aromatic rings. The lowest BCUT2D eigenvalue weighted by molar-refractivity contribution is -0.112. The Balaban J connectivity index is 1.73. The van der Waals surface area contributed by atoms with Crippen molar-refractivity contribution in [2.75, 3.05) is 6.61 Å². The molecule has 21 heavy (non-hydrogen) atoms. The largest absolute Gasteiger partial charge is 0.393 e. The van der Waals surface area contributed by atoms with Gasteiger partial charge in [-0.2, -0.15) is 0 Å². The Morgan fingerprint density at radius 2 is 1.90 bits per heavy atom. The average molecular weight is 280 g/mol. The van der Waals surface area contributed by atoms with Crippen LogP contribution in [0.1, 0.15) is 36.5 Å². The van der Waals surface area contributed by atoms with Crippen LogP contribution in [0.4, 0.5) is 0 Å². The third-order valence-corrected chi connectivity index (χ3v) is 4.90. The van der Waals surface area contributed by atoms with Gasteiger partial charge in [-0.1, -0.05) is 42.5 Å². The summed E-state index contributed by atoms with van der Waals surface area (Å²) in [6, 6.07) is 15.3. The molecule has 2 nitrogen and oxygen atoms in total. The molecule has 1 saturated heterocycles. The zero-order chi connectivity index (χ0) is 14.4. The van der Waals surface area contributed by atoms with Crippen molar-refractivity contribution in [3.63, 3.8) is 0 Å². The van der Waals surface area contributed by atoms with E-state index in [9.17, 15) is 5.11 Å². The lowest BCUT2D eigenvalue weighted by Crippen LogP contribution is -2.37. The van der Waals surface area contributed by atoms with Gasteiger partial charge in [0.15, 0.2) is 0 Å². The third-order valence-electron chi connectivity index (χ3n) is 4.90. The number of fused-ring (bicyclic) bond motifs is 3. The van der Waals surface area contributed by atoms with Crippen molar-refractivity contribution in [3.8, 4) is 11.1 Å². The number of rotatable bonds is 1. The molecule has 1 aliphatic carbocycles. The Kier molecular flexibility index (Phi) is 2.91. The van der Waals surface area contributed by atoms with Gasteiger partial charge in [-0.05, 0) is 47.6 Å². The maximum atomic E-state index is 9.96. The quantitative estimate of drug-likeness (QED) is 0.737. The van der Waals surface area contributed by atoms with Crippen LogP contribution in [0.15, 0.2) is 42.5 Å². The minimum atomic E-state index is -0.360. The summed E-state index contributed by atoms with van der Waals surface area (Å²) in [4.78, 5) is 0. The van der Waals surface area contributed by atoms with Gasteiger partial charge in [0, 0.05) is 6.42 Å². The predicted octanol–water partition coefficient (Wildman–Crippen LogP) is 3.64. The molecule has 0 spiro atoms. The molecule has 2 aromatic carbocycles. The van der Waals surface area contributed by atoms with Gasteiger partial charge in [-0.25, -0.2) is 0 Å². The first-order chi connectivity index (χ1) is 10.2. The summed E-state index contributed by atoms with van der Waals surface area (Å²) in [6.45, 7) is 2.73. The molecular weight excluding hydrogens is 260 g/mol. The van der Waals surface area contributed by atoms with E-state index in [1.165, 1.54) is 27.8 Å². The van der Waals surface area contributed by atoms with Crippen LogP contribution in [-0.2, 0) is 16.8 Å². The molecule has 108 valence electrons. The summed E-state index contributed by atoms with van der Waals surface area (Å²) in [5, 5.41) is 9.96. The maximum Gasteiger partial charge on any atom is 0.0928 e. The van der Waals surface area contributed by atoms with Crippen molar-refractivity contribution in [1.29, 1.82) is 0 Å². The molecule has 0 radical (unpaired) electrons. The second kappa shape index (κ2) is 4.69. The molecule has 2 atom stereocenters. The van der Waals surface area contributed by atoms with Crippen LogP contribution in [0.5, 0.6) is 0 Å². The minimum absolute atomic E-state index is 0.255. The molecule has 0 bridgehead atoms. The lowest BCUT2D eigenvalue weighted by atomic mass is 9.85. The summed E-state index contributed by atoms with van der Waals surface area (Å²) in [5.74, 6) is 0. The molecule has 1 aliphatic heterocycles. The average Bonchev–Trinajstić information content (AvgIpc) is 2.84. The van der Waals surface area contributed by atoms with Crippen molar-refractivity contribution in [3.05, 3.63) is 59.2 Å². The number of ether oxygens (including phenoxy) is 1. The summed E-state index contributed by atoms with van der Waals surface area (Å²) >= 11 is 0. The number of benzene rings is 2. The number of hydrogen-bond donors (Lipinski definition) is 1. The second-order valence-electron chi connectivity index (χ2n) is 6.43. The Bertz CT molecular complexity index is 692. The highest BCUT2D eigenvalue weighted by Crippen LogP contribution is 2.41. The highest BCUT2D eigenvalue weighted by molar-refractivity contribution is 5.77. The van der Waals surface area contributed by atoms with Crippen molar-refractivity contribution >= 4 is 0 Å². The first kappa shape index (κ1) is 13.1. The van der Waals surface area contributed by atoms with E-state index < -0.39 is 0 Å². The Hall–Kier alpha value is -1.64. The predicted molar refractivity (Wildman–Crippen MR) is 83.2 cm³/mol. The monoisotopic (exact) mass is 280 g/mol. The van der Waals surface area contributed by atoms with Gasteiger partial charge >= 0.3 is 0 Å². The molecule has 2 aliphatic rings. The van der Waals surface area contributed by atoms with Gasteiger partial charge in [0.05, 0.1) is 18.3 Å². The van der Waals surface area contributed by atoms with Crippen LogP contribution < -0.4 is 0 Å². The van der Waals surface area contributed by atoms with E-state index in [1.54, 1.807) is 0 Å². The fourth-order valence-corrected chi connectivity index (χ4v) is 3.71. The second-order valence-corrected chi connectivity index (χ2v) is 6.43. The zero-order valence-electron chi connectivity index (χ0n) is 12.3. The van der Waals surface area contributed by atoms with E-state index in [-0.39, 0.29) is 11.7 Å². The van der Waals surface area contributed by atoms with E-state index in [0.717, 1.165) is 12.8 Å². The number of hydrogen-bond acceptors (Lipinski definition) is 2. The summed E-state index contributed by atoms with van der Waals surface area (Å²) in [5.41, 5.74) is 6.30. The SMILES string of the molecule is CC1(c2ccc3c(c2)Cc2ccccc2-3)CC(O)CCO1. The van der Waals surface area contributed by atoms with Gasteiger partial charge in [0.2, 0.25) is 0 Å². The molecule has 1 fully saturated rings. The van der Waals surface area contributed by atoms with Crippen molar-refractivity contribution < 1.29 is 9.84 Å².